The highest BCUT2D eigenvalue weighted by Gasteiger charge is 2.21. The van der Waals surface area contributed by atoms with E-state index in [0.717, 1.165) is 0 Å². The van der Waals surface area contributed by atoms with Crippen LogP contribution < -0.4 is 15.8 Å². The van der Waals surface area contributed by atoms with Gasteiger partial charge in [0.15, 0.2) is 5.78 Å². The van der Waals surface area contributed by atoms with Gasteiger partial charge in [0.25, 0.3) is 0 Å². The lowest BCUT2D eigenvalue weighted by atomic mass is 10.0. The number of hydrogen-bond donors (Lipinski definition) is 2. The number of nitrogens with one attached hydrogen (secondary N) is 1. The number of primary amides is 1. The first-order valence-corrected chi connectivity index (χ1v) is 8.83. The Morgan fingerprint density at radius 2 is 1.89 bits per heavy atom. The van der Waals surface area contributed by atoms with E-state index in [1.807, 2.05) is 0 Å². The smallest absolute Gasteiger partial charge is 0.312 e. The second kappa shape index (κ2) is 9.75. The molecule has 1 atom stereocenters. The molecular formula is C20H21ClN2O5. The molecule has 0 bridgehead atoms. The highest BCUT2D eigenvalue weighted by molar-refractivity contribution is 6.31. The van der Waals surface area contributed by atoms with Crippen LogP contribution in [0.1, 0.15) is 40.9 Å². The van der Waals surface area contributed by atoms with E-state index in [0.29, 0.717) is 27.5 Å². The number of hydrogen-bond acceptors (Lipinski definition) is 5. The summed E-state index contributed by atoms with van der Waals surface area (Å²) in [5, 5.41) is 2.89. The third-order valence-corrected chi connectivity index (χ3v) is 4.39. The summed E-state index contributed by atoms with van der Waals surface area (Å²) < 4.78 is 10.6. The van der Waals surface area contributed by atoms with Gasteiger partial charge >= 0.3 is 12.0 Å². The molecule has 148 valence electrons. The summed E-state index contributed by atoms with van der Waals surface area (Å²) in [6.45, 7) is 1.36. The first-order valence-electron chi connectivity index (χ1n) is 8.45. The Kier molecular flexibility index (Phi) is 7.40. The summed E-state index contributed by atoms with van der Waals surface area (Å²) in [4.78, 5) is 35.2. The van der Waals surface area contributed by atoms with Crippen molar-refractivity contribution in [3.63, 3.8) is 0 Å². The maximum Gasteiger partial charge on any atom is 0.312 e. The van der Waals surface area contributed by atoms with Gasteiger partial charge in [-0.1, -0.05) is 29.8 Å². The van der Waals surface area contributed by atoms with Gasteiger partial charge in [-0.3, -0.25) is 9.59 Å². The molecule has 0 aromatic heterocycles. The van der Waals surface area contributed by atoms with E-state index >= 15 is 0 Å². The highest BCUT2D eigenvalue weighted by Crippen LogP contribution is 2.26. The number of amides is 2. The minimum absolute atomic E-state index is 0.0884. The fourth-order valence-corrected chi connectivity index (χ4v) is 2.93. The number of benzene rings is 2. The Hall–Kier alpha value is -3.06. The number of ketones is 1. The van der Waals surface area contributed by atoms with Crippen molar-refractivity contribution in [3.05, 3.63) is 64.2 Å². The van der Waals surface area contributed by atoms with Crippen LogP contribution in [0.25, 0.3) is 0 Å². The number of halogens is 1. The topological polar surface area (TPSA) is 108 Å². The van der Waals surface area contributed by atoms with Gasteiger partial charge in [0.2, 0.25) is 0 Å². The number of ether oxygens (including phenoxy) is 2. The number of nitrogens with two attached hydrogens (primary N) is 1. The Labute approximate surface area is 167 Å². The van der Waals surface area contributed by atoms with Gasteiger partial charge in [0, 0.05) is 16.1 Å². The lowest BCUT2D eigenvalue weighted by molar-refractivity contribution is -0.145. The molecule has 0 aliphatic rings. The van der Waals surface area contributed by atoms with E-state index in [4.69, 9.17) is 26.8 Å². The number of Topliss-reactive ketones (excluding diaryl/α,β-unsaturated/α-hetero) is 1. The van der Waals surface area contributed by atoms with E-state index in [1.54, 1.807) is 42.5 Å². The molecule has 0 saturated heterocycles. The van der Waals surface area contributed by atoms with Gasteiger partial charge in [-0.2, -0.15) is 0 Å². The fourth-order valence-electron chi connectivity index (χ4n) is 2.66. The van der Waals surface area contributed by atoms with Crippen LogP contribution in [0.4, 0.5) is 4.79 Å². The lowest BCUT2D eigenvalue weighted by Crippen LogP contribution is -2.34. The Balaban J connectivity index is 2.11. The van der Waals surface area contributed by atoms with Crippen LogP contribution in [0.3, 0.4) is 0 Å². The number of rotatable bonds is 8. The second-order valence-corrected chi connectivity index (χ2v) is 6.44. The molecule has 0 fully saturated rings. The van der Waals surface area contributed by atoms with Crippen LogP contribution in [0, 0.1) is 0 Å². The van der Waals surface area contributed by atoms with Crippen LogP contribution in [0.15, 0.2) is 42.5 Å². The van der Waals surface area contributed by atoms with Gasteiger partial charge in [-0.25, -0.2) is 4.79 Å². The van der Waals surface area contributed by atoms with Gasteiger partial charge in [0.05, 0.1) is 19.6 Å². The molecule has 0 aliphatic heterocycles. The summed E-state index contributed by atoms with van der Waals surface area (Å²) >= 11 is 6.15. The fraction of sp³-hybridized carbons (Fsp3) is 0.250. The minimum Gasteiger partial charge on any atom is -0.496 e. The van der Waals surface area contributed by atoms with Gasteiger partial charge in [-0.05, 0) is 36.8 Å². The van der Waals surface area contributed by atoms with Crippen molar-refractivity contribution < 1.29 is 23.9 Å². The molecule has 8 heteroatoms. The summed E-state index contributed by atoms with van der Waals surface area (Å²) in [5.41, 5.74) is 6.80. The molecule has 0 saturated carbocycles. The SMILES string of the molecule is COc1ccc(C(C)=O)cc1COC(=O)C[C@@H](NC(N)=O)c1ccccc1Cl. The molecule has 0 aliphatic carbocycles. The molecule has 2 aromatic rings. The molecule has 3 N–H and O–H groups in total. The van der Waals surface area contributed by atoms with Crippen molar-refractivity contribution in [1.82, 2.24) is 5.32 Å². The summed E-state index contributed by atoms with van der Waals surface area (Å²) in [5.74, 6) is -0.190. The van der Waals surface area contributed by atoms with Crippen LogP contribution >= 0.6 is 11.6 Å². The highest BCUT2D eigenvalue weighted by atomic mass is 35.5. The molecule has 2 amide bonds. The van der Waals surface area contributed by atoms with Gasteiger partial charge < -0.3 is 20.5 Å². The summed E-state index contributed by atoms with van der Waals surface area (Å²) in [6.07, 6.45) is -0.165. The molecule has 0 unspecified atom stereocenters. The second-order valence-electron chi connectivity index (χ2n) is 6.03. The van der Waals surface area contributed by atoms with Crippen molar-refractivity contribution in [3.8, 4) is 5.75 Å². The van der Waals surface area contributed by atoms with E-state index in [-0.39, 0.29) is 18.8 Å². The Morgan fingerprint density at radius 1 is 1.18 bits per heavy atom. The lowest BCUT2D eigenvalue weighted by Gasteiger charge is -2.19. The van der Waals surface area contributed by atoms with E-state index in [1.165, 1.54) is 14.0 Å². The maximum absolute atomic E-state index is 12.3. The average Bonchev–Trinajstić information content (AvgIpc) is 2.65. The molecule has 2 rings (SSSR count). The van der Waals surface area contributed by atoms with Crippen molar-refractivity contribution >= 4 is 29.4 Å². The zero-order valence-corrected chi connectivity index (χ0v) is 16.3. The Morgan fingerprint density at radius 3 is 2.50 bits per heavy atom. The van der Waals surface area contributed by atoms with E-state index in [9.17, 15) is 14.4 Å². The predicted molar refractivity (Wildman–Crippen MR) is 104 cm³/mol. The largest absolute Gasteiger partial charge is 0.496 e. The van der Waals surface area contributed by atoms with E-state index in [2.05, 4.69) is 5.32 Å². The molecule has 2 aromatic carbocycles. The summed E-state index contributed by atoms with van der Waals surface area (Å²) in [7, 11) is 1.48. The first kappa shape index (κ1) is 21.2. The van der Waals surface area contributed by atoms with Gasteiger partial charge in [-0.15, -0.1) is 0 Å². The third kappa shape index (κ3) is 5.72. The molecule has 28 heavy (non-hydrogen) atoms. The van der Waals surface area contributed by atoms with Crippen molar-refractivity contribution in [2.45, 2.75) is 26.0 Å². The number of carbonyl (C=O) groups excluding carboxylic acids is 3. The number of esters is 1. The molecule has 0 heterocycles. The molecule has 7 nitrogen and oxygen atoms in total. The summed E-state index contributed by atoms with van der Waals surface area (Å²) in [6, 6.07) is 10.2. The van der Waals surface area contributed by atoms with Crippen LogP contribution in [-0.2, 0) is 16.1 Å². The monoisotopic (exact) mass is 404 g/mol. The average molecular weight is 405 g/mol. The zero-order chi connectivity index (χ0) is 20.7. The van der Waals surface area contributed by atoms with Crippen molar-refractivity contribution in [2.24, 2.45) is 5.73 Å². The number of methoxy groups -OCH3 is 1. The maximum atomic E-state index is 12.3. The van der Waals surface area contributed by atoms with Crippen molar-refractivity contribution in [1.29, 1.82) is 0 Å². The van der Waals surface area contributed by atoms with Crippen LogP contribution in [-0.4, -0.2) is 24.9 Å². The van der Waals surface area contributed by atoms with Crippen LogP contribution in [0.2, 0.25) is 5.02 Å². The van der Waals surface area contributed by atoms with E-state index < -0.39 is 18.0 Å². The third-order valence-electron chi connectivity index (χ3n) is 4.04. The molecular weight excluding hydrogens is 384 g/mol. The standard InChI is InChI=1S/C20H21ClN2O5/c1-12(24)13-7-8-18(27-2)14(9-13)11-28-19(25)10-17(23-20(22)26)15-5-3-4-6-16(15)21/h3-9,17H,10-11H2,1-2H3,(H3,22,23,26)/t17-/m1/s1. The first-order chi connectivity index (χ1) is 13.3. The number of carbonyl (C=O) groups is 3. The van der Waals surface area contributed by atoms with Crippen LogP contribution in [0.5, 0.6) is 5.75 Å². The Bertz CT molecular complexity index is 885. The normalized spacial score (nSPS) is 11.4. The zero-order valence-electron chi connectivity index (χ0n) is 15.5. The minimum atomic E-state index is -0.784. The quantitative estimate of drug-likeness (QED) is 0.518. The number of urea groups is 1. The molecule has 0 radical (unpaired) electrons. The predicted octanol–water partition coefficient (Wildman–Crippen LogP) is 3.39. The van der Waals surface area contributed by atoms with Crippen molar-refractivity contribution in [2.75, 3.05) is 7.11 Å². The van der Waals surface area contributed by atoms with Gasteiger partial charge in [0.1, 0.15) is 12.4 Å². The molecule has 0 spiro atoms.